The molecule has 0 bridgehead atoms. The van der Waals surface area contributed by atoms with Crippen LogP contribution < -0.4 is 4.31 Å². The number of benzene rings is 3. The molecule has 1 aromatic heterocycles. The van der Waals surface area contributed by atoms with E-state index in [0.717, 1.165) is 16.6 Å². The molecule has 3 aromatic carbocycles. The number of fused-ring (bicyclic) bond motifs is 1. The number of sulfonamides is 1. The summed E-state index contributed by atoms with van der Waals surface area (Å²) < 4.78 is 30.2. The van der Waals surface area contributed by atoms with Crippen LogP contribution in [0.4, 0.5) is 5.69 Å². The molecule has 154 valence electrons. The van der Waals surface area contributed by atoms with Gasteiger partial charge in [-0.15, -0.1) is 0 Å². The maximum absolute atomic E-state index is 13.6. The van der Waals surface area contributed by atoms with Crippen molar-refractivity contribution in [2.75, 3.05) is 10.8 Å². The van der Waals surface area contributed by atoms with Crippen LogP contribution in [0.15, 0.2) is 90.1 Å². The Bertz CT molecular complexity index is 1250. The van der Waals surface area contributed by atoms with Crippen molar-refractivity contribution in [2.45, 2.75) is 24.5 Å². The SMILES string of the molecule is Cc1nccn1CC(O)CN(c1ccccc1)S(=O)(=O)c1ccc2ccccc2c1. The molecule has 4 aromatic rings. The molecule has 4 rings (SSSR count). The summed E-state index contributed by atoms with van der Waals surface area (Å²) in [6.07, 6.45) is 2.51. The summed E-state index contributed by atoms with van der Waals surface area (Å²) in [5.41, 5.74) is 0.507. The van der Waals surface area contributed by atoms with Gasteiger partial charge in [-0.25, -0.2) is 13.4 Å². The second-order valence-corrected chi connectivity index (χ2v) is 9.02. The summed E-state index contributed by atoms with van der Waals surface area (Å²) >= 11 is 0. The molecule has 0 aliphatic heterocycles. The van der Waals surface area contributed by atoms with Crippen LogP contribution in [0.1, 0.15) is 5.82 Å². The van der Waals surface area contributed by atoms with Gasteiger partial charge in [-0.2, -0.15) is 0 Å². The fraction of sp³-hybridized carbons (Fsp3) is 0.174. The molecule has 0 aliphatic rings. The highest BCUT2D eigenvalue weighted by atomic mass is 32.2. The van der Waals surface area contributed by atoms with Gasteiger partial charge in [-0.3, -0.25) is 4.31 Å². The maximum atomic E-state index is 13.6. The van der Waals surface area contributed by atoms with Gasteiger partial charge in [0.05, 0.1) is 29.8 Å². The minimum absolute atomic E-state index is 0.0726. The van der Waals surface area contributed by atoms with Gasteiger partial charge in [0.25, 0.3) is 10.0 Å². The quantitative estimate of drug-likeness (QED) is 0.495. The minimum Gasteiger partial charge on any atom is -0.389 e. The van der Waals surface area contributed by atoms with Gasteiger partial charge >= 0.3 is 0 Å². The zero-order valence-electron chi connectivity index (χ0n) is 16.6. The molecule has 6 nitrogen and oxygen atoms in total. The Labute approximate surface area is 176 Å². The fourth-order valence-electron chi connectivity index (χ4n) is 3.46. The summed E-state index contributed by atoms with van der Waals surface area (Å²) in [7, 11) is -3.88. The third kappa shape index (κ3) is 4.08. The second-order valence-electron chi connectivity index (χ2n) is 7.16. The number of hydrogen-bond donors (Lipinski definition) is 1. The average molecular weight is 422 g/mol. The Balaban J connectivity index is 1.70. The zero-order valence-corrected chi connectivity index (χ0v) is 17.4. The van der Waals surface area contributed by atoms with E-state index in [4.69, 9.17) is 0 Å². The first kappa shape index (κ1) is 20.1. The molecule has 7 heteroatoms. The van der Waals surface area contributed by atoms with E-state index in [2.05, 4.69) is 4.98 Å². The van der Waals surface area contributed by atoms with Gasteiger partial charge < -0.3 is 9.67 Å². The minimum atomic E-state index is -3.88. The number of anilines is 1. The molecule has 0 fully saturated rings. The lowest BCUT2D eigenvalue weighted by Crippen LogP contribution is -2.39. The number of nitrogens with zero attached hydrogens (tertiary/aromatic N) is 3. The van der Waals surface area contributed by atoms with Crippen molar-refractivity contribution in [1.29, 1.82) is 0 Å². The number of hydrogen-bond acceptors (Lipinski definition) is 4. The Hall–Kier alpha value is -3.16. The number of aliphatic hydroxyl groups excluding tert-OH is 1. The van der Waals surface area contributed by atoms with E-state index in [-0.39, 0.29) is 18.0 Å². The number of imidazole rings is 1. The molecule has 0 radical (unpaired) electrons. The fourth-order valence-corrected chi connectivity index (χ4v) is 5.00. The number of para-hydroxylation sites is 1. The summed E-state index contributed by atoms with van der Waals surface area (Å²) in [5, 5.41) is 12.5. The van der Waals surface area contributed by atoms with Crippen LogP contribution >= 0.6 is 0 Å². The Morgan fingerprint density at radius 3 is 2.40 bits per heavy atom. The number of rotatable bonds is 7. The molecular weight excluding hydrogens is 398 g/mol. The monoisotopic (exact) mass is 421 g/mol. The van der Waals surface area contributed by atoms with Crippen LogP contribution in [0.3, 0.4) is 0 Å². The largest absolute Gasteiger partial charge is 0.389 e. The maximum Gasteiger partial charge on any atom is 0.264 e. The van der Waals surface area contributed by atoms with E-state index < -0.39 is 16.1 Å². The second kappa shape index (κ2) is 8.30. The van der Waals surface area contributed by atoms with Crippen molar-refractivity contribution in [2.24, 2.45) is 0 Å². The van der Waals surface area contributed by atoms with E-state index in [1.807, 2.05) is 37.3 Å². The van der Waals surface area contributed by atoms with Crippen LogP contribution in [0.2, 0.25) is 0 Å². The van der Waals surface area contributed by atoms with Gasteiger partial charge in [0.15, 0.2) is 0 Å². The molecular formula is C23H23N3O3S. The van der Waals surface area contributed by atoms with Gasteiger partial charge in [-0.1, -0.05) is 48.5 Å². The van der Waals surface area contributed by atoms with E-state index in [1.54, 1.807) is 59.4 Å². The molecule has 1 heterocycles. The summed E-state index contributed by atoms with van der Waals surface area (Å²) in [6, 6.07) is 21.6. The van der Waals surface area contributed by atoms with Crippen LogP contribution in [-0.4, -0.2) is 35.7 Å². The molecule has 0 saturated carbocycles. The van der Waals surface area contributed by atoms with Gasteiger partial charge in [0, 0.05) is 12.4 Å². The number of aliphatic hydroxyl groups is 1. The van der Waals surface area contributed by atoms with Crippen molar-refractivity contribution in [3.05, 3.63) is 91.0 Å². The van der Waals surface area contributed by atoms with Gasteiger partial charge in [0.2, 0.25) is 0 Å². The number of aromatic nitrogens is 2. The Morgan fingerprint density at radius 2 is 1.70 bits per heavy atom. The van der Waals surface area contributed by atoms with Crippen molar-refractivity contribution in [3.63, 3.8) is 0 Å². The third-order valence-corrected chi connectivity index (χ3v) is 6.85. The van der Waals surface area contributed by atoms with E-state index in [9.17, 15) is 13.5 Å². The first-order valence-corrected chi connectivity index (χ1v) is 11.1. The summed E-state index contributed by atoms with van der Waals surface area (Å²) in [6.45, 7) is 2.02. The van der Waals surface area contributed by atoms with Crippen molar-refractivity contribution in [1.82, 2.24) is 9.55 Å². The molecule has 0 spiro atoms. The zero-order chi connectivity index (χ0) is 21.1. The molecule has 1 N–H and O–H groups in total. The van der Waals surface area contributed by atoms with E-state index in [0.29, 0.717) is 5.69 Å². The van der Waals surface area contributed by atoms with Crippen LogP contribution in [-0.2, 0) is 16.6 Å². The van der Waals surface area contributed by atoms with Crippen molar-refractivity contribution in [3.8, 4) is 0 Å². The molecule has 1 unspecified atom stereocenters. The molecule has 0 aliphatic carbocycles. The normalized spacial score (nSPS) is 12.7. The van der Waals surface area contributed by atoms with E-state index >= 15 is 0 Å². The Morgan fingerprint density at radius 1 is 1.00 bits per heavy atom. The number of aryl methyl sites for hydroxylation is 1. The molecule has 0 saturated heterocycles. The van der Waals surface area contributed by atoms with Gasteiger partial charge in [0.1, 0.15) is 5.82 Å². The Kier molecular flexibility index (Phi) is 5.57. The molecule has 1 atom stereocenters. The standard InChI is InChI=1S/C23H23N3O3S/c1-18-24-13-14-25(18)16-22(27)17-26(21-9-3-2-4-10-21)30(28,29)23-12-11-19-7-5-6-8-20(19)15-23/h2-15,22,27H,16-17H2,1H3. The van der Waals surface area contributed by atoms with Crippen LogP contribution in [0, 0.1) is 6.92 Å². The van der Waals surface area contributed by atoms with Gasteiger partial charge in [-0.05, 0) is 42.0 Å². The predicted octanol–water partition coefficient (Wildman–Crippen LogP) is 3.60. The average Bonchev–Trinajstić information content (AvgIpc) is 3.16. The first-order valence-electron chi connectivity index (χ1n) is 9.67. The molecule has 30 heavy (non-hydrogen) atoms. The lowest BCUT2D eigenvalue weighted by molar-refractivity contribution is 0.162. The highest BCUT2D eigenvalue weighted by molar-refractivity contribution is 7.92. The van der Waals surface area contributed by atoms with E-state index in [1.165, 1.54) is 4.31 Å². The topological polar surface area (TPSA) is 75.4 Å². The predicted molar refractivity (Wildman–Crippen MR) is 118 cm³/mol. The highest BCUT2D eigenvalue weighted by Crippen LogP contribution is 2.26. The lowest BCUT2D eigenvalue weighted by Gasteiger charge is -2.27. The lowest BCUT2D eigenvalue weighted by atomic mass is 10.1. The summed E-state index contributed by atoms with van der Waals surface area (Å²) in [5.74, 6) is 0.762. The summed E-state index contributed by atoms with van der Waals surface area (Å²) in [4.78, 5) is 4.34. The van der Waals surface area contributed by atoms with Crippen molar-refractivity contribution < 1.29 is 13.5 Å². The third-order valence-electron chi connectivity index (χ3n) is 5.06. The highest BCUT2D eigenvalue weighted by Gasteiger charge is 2.27. The van der Waals surface area contributed by atoms with Crippen molar-refractivity contribution >= 4 is 26.5 Å². The van der Waals surface area contributed by atoms with Crippen LogP contribution in [0.5, 0.6) is 0 Å². The van der Waals surface area contributed by atoms with Crippen LogP contribution in [0.25, 0.3) is 10.8 Å². The first-order chi connectivity index (χ1) is 14.4. The smallest absolute Gasteiger partial charge is 0.264 e. The molecule has 0 amide bonds.